The first-order valence-electron chi connectivity index (χ1n) is 8.79. The number of H-pyrrole nitrogens is 1. The SMILES string of the molecule is COc1ccc2[nH]cc(CC(OC)C(=O)NC(CCC(=O)C=[N+]=[N-])C(=O)O)c2c1. The molecule has 29 heavy (non-hydrogen) atoms. The first-order chi connectivity index (χ1) is 13.9. The summed E-state index contributed by atoms with van der Waals surface area (Å²) in [5, 5.41) is 12.6. The summed E-state index contributed by atoms with van der Waals surface area (Å²) in [5.41, 5.74) is 10.00. The highest BCUT2D eigenvalue weighted by atomic mass is 16.5. The van der Waals surface area contributed by atoms with Gasteiger partial charge in [0.2, 0.25) is 11.7 Å². The summed E-state index contributed by atoms with van der Waals surface area (Å²) < 4.78 is 10.5. The lowest BCUT2D eigenvalue weighted by Gasteiger charge is -2.19. The maximum absolute atomic E-state index is 12.6. The van der Waals surface area contributed by atoms with Crippen LogP contribution in [-0.4, -0.2) is 65.1 Å². The highest BCUT2D eigenvalue weighted by Gasteiger charge is 2.27. The van der Waals surface area contributed by atoms with E-state index in [1.54, 1.807) is 13.3 Å². The van der Waals surface area contributed by atoms with Crippen LogP contribution in [0.1, 0.15) is 18.4 Å². The van der Waals surface area contributed by atoms with Crippen molar-refractivity contribution in [3.8, 4) is 5.75 Å². The molecule has 1 amide bonds. The number of carbonyl (C=O) groups excluding carboxylic acids is 2. The van der Waals surface area contributed by atoms with E-state index >= 15 is 0 Å². The Morgan fingerprint density at radius 3 is 2.72 bits per heavy atom. The number of carboxylic acids is 1. The number of hydrogen-bond donors (Lipinski definition) is 3. The lowest BCUT2D eigenvalue weighted by Crippen LogP contribution is -2.46. The van der Waals surface area contributed by atoms with Crippen molar-refractivity contribution < 1.29 is 33.8 Å². The molecule has 2 atom stereocenters. The largest absolute Gasteiger partial charge is 0.497 e. The van der Waals surface area contributed by atoms with Gasteiger partial charge in [0.25, 0.3) is 0 Å². The molecule has 0 aliphatic heterocycles. The van der Waals surface area contributed by atoms with E-state index in [1.807, 2.05) is 18.2 Å². The first-order valence-corrected chi connectivity index (χ1v) is 8.79. The van der Waals surface area contributed by atoms with Crippen molar-refractivity contribution in [1.82, 2.24) is 10.3 Å². The number of rotatable bonds is 11. The number of fused-ring (bicyclic) bond motifs is 1. The van der Waals surface area contributed by atoms with E-state index in [-0.39, 0.29) is 19.3 Å². The normalized spacial score (nSPS) is 12.6. The summed E-state index contributed by atoms with van der Waals surface area (Å²) >= 11 is 0. The first kappa shape index (κ1) is 21.8. The summed E-state index contributed by atoms with van der Waals surface area (Å²) in [7, 11) is 2.92. The number of aliphatic carboxylic acids is 1. The Hall–Kier alpha value is -3.49. The fourth-order valence-electron chi connectivity index (χ4n) is 2.87. The monoisotopic (exact) mass is 402 g/mol. The number of benzene rings is 1. The van der Waals surface area contributed by atoms with Crippen LogP contribution < -0.4 is 10.1 Å². The van der Waals surface area contributed by atoms with Crippen LogP contribution in [0.3, 0.4) is 0 Å². The predicted octanol–water partition coefficient (Wildman–Crippen LogP) is 0.953. The fourth-order valence-corrected chi connectivity index (χ4v) is 2.87. The van der Waals surface area contributed by atoms with Gasteiger partial charge in [-0.05, 0) is 30.2 Å². The summed E-state index contributed by atoms with van der Waals surface area (Å²) in [6.07, 6.45) is 1.37. The van der Waals surface area contributed by atoms with Gasteiger partial charge in [-0.2, -0.15) is 4.79 Å². The number of aromatic nitrogens is 1. The van der Waals surface area contributed by atoms with Crippen LogP contribution in [0.5, 0.6) is 5.75 Å². The van der Waals surface area contributed by atoms with Gasteiger partial charge >= 0.3 is 12.2 Å². The molecule has 154 valence electrons. The van der Waals surface area contributed by atoms with Crippen molar-refractivity contribution in [3.05, 3.63) is 35.5 Å². The van der Waals surface area contributed by atoms with E-state index in [4.69, 9.17) is 15.0 Å². The number of ether oxygens (including phenoxy) is 2. The van der Waals surface area contributed by atoms with E-state index in [2.05, 4.69) is 15.1 Å². The van der Waals surface area contributed by atoms with Crippen molar-refractivity contribution in [2.24, 2.45) is 0 Å². The van der Waals surface area contributed by atoms with Crippen molar-refractivity contribution in [2.75, 3.05) is 14.2 Å². The van der Waals surface area contributed by atoms with Gasteiger partial charge in [0.15, 0.2) is 0 Å². The molecule has 0 bridgehead atoms. The molecule has 10 heteroatoms. The number of nitrogens with one attached hydrogen (secondary N) is 2. The molecule has 0 fully saturated rings. The van der Waals surface area contributed by atoms with Crippen LogP contribution in [0.25, 0.3) is 16.4 Å². The molecule has 0 radical (unpaired) electrons. The van der Waals surface area contributed by atoms with Crippen molar-refractivity contribution in [3.63, 3.8) is 0 Å². The maximum atomic E-state index is 12.6. The Morgan fingerprint density at radius 1 is 1.34 bits per heavy atom. The van der Waals surface area contributed by atoms with Crippen LogP contribution in [-0.2, 0) is 25.5 Å². The molecule has 0 aliphatic carbocycles. The highest BCUT2D eigenvalue weighted by Crippen LogP contribution is 2.25. The molecule has 2 rings (SSSR count). The van der Waals surface area contributed by atoms with E-state index < -0.39 is 29.8 Å². The number of aromatic amines is 1. The molecule has 10 nitrogen and oxygen atoms in total. The van der Waals surface area contributed by atoms with Crippen molar-refractivity contribution >= 4 is 34.8 Å². The van der Waals surface area contributed by atoms with Gasteiger partial charge in [0.1, 0.15) is 17.9 Å². The molecule has 1 aromatic carbocycles. The second-order valence-electron chi connectivity index (χ2n) is 6.30. The summed E-state index contributed by atoms with van der Waals surface area (Å²) in [6, 6.07) is 4.22. The van der Waals surface area contributed by atoms with Gasteiger partial charge in [-0.1, -0.05) is 0 Å². The van der Waals surface area contributed by atoms with Gasteiger partial charge in [0.05, 0.1) is 7.11 Å². The Bertz CT molecular complexity index is 947. The Kier molecular flexibility index (Phi) is 7.64. The second-order valence-corrected chi connectivity index (χ2v) is 6.30. The molecular weight excluding hydrogens is 380 g/mol. The fraction of sp³-hybridized carbons (Fsp3) is 0.368. The van der Waals surface area contributed by atoms with Gasteiger partial charge < -0.3 is 30.4 Å². The van der Waals surface area contributed by atoms with Crippen molar-refractivity contribution in [1.29, 1.82) is 0 Å². The van der Waals surface area contributed by atoms with Gasteiger partial charge in [-0.15, -0.1) is 0 Å². The van der Waals surface area contributed by atoms with Gasteiger partial charge in [-0.25, -0.2) is 4.79 Å². The number of carboxylic acid groups (broad SMARTS) is 1. The van der Waals surface area contributed by atoms with Crippen molar-refractivity contribution in [2.45, 2.75) is 31.4 Å². The Balaban J connectivity index is 2.10. The Labute approximate surface area is 166 Å². The number of methoxy groups -OCH3 is 2. The minimum atomic E-state index is -1.28. The predicted molar refractivity (Wildman–Crippen MR) is 103 cm³/mol. The standard InChI is InChI=1S/C19H22N4O6/c1-28-13-4-6-15-14(8-13)11(9-21-15)7-17(29-2)18(25)23-16(19(26)27)5-3-12(24)10-22-20/h4,6,8-10,16-17,21H,3,5,7H2,1-2H3,(H,23,25)(H,26,27). The molecule has 2 unspecified atom stereocenters. The lowest BCUT2D eigenvalue weighted by molar-refractivity contribution is -0.144. The minimum absolute atomic E-state index is 0.146. The molecular formula is C19H22N4O6. The van der Waals surface area contributed by atoms with Crippen LogP contribution in [0, 0.1) is 0 Å². The summed E-state index contributed by atoms with van der Waals surface area (Å²) in [5.74, 6) is -1.78. The summed E-state index contributed by atoms with van der Waals surface area (Å²) in [6.45, 7) is 0. The van der Waals surface area contributed by atoms with E-state index in [0.717, 1.165) is 16.5 Å². The molecule has 0 saturated heterocycles. The average molecular weight is 402 g/mol. The van der Waals surface area contributed by atoms with Crippen LogP contribution >= 0.6 is 0 Å². The third-order valence-corrected chi connectivity index (χ3v) is 4.45. The third kappa shape index (κ3) is 5.74. The molecule has 0 spiro atoms. The minimum Gasteiger partial charge on any atom is -0.497 e. The number of ketones is 1. The van der Waals surface area contributed by atoms with E-state index in [0.29, 0.717) is 12.0 Å². The second kappa shape index (κ2) is 10.2. The van der Waals surface area contributed by atoms with E-state index in [9.17, 15) is 19.5 Å². The quantitative estimate of drug-likeness (QED) is 0.289. The molecule has 1 aromatic heterocycles. The number of Topliss-reactive ketones (excluding diaryl/α,β-unsaturated/α-hetero) is 1. The number of carbonyl (C=O) groups is 3. The smallest absolute Gasteiger partial charge is 0.326 e. The highest BCUT2D eigenvalue weighted by molar-refractivity contribution is 6.25. The zero-order chi connectivity index (χ0) is 21.4. The molecule has 3 N–H and O–H groups in total. The molecule has 1 heterocycles. The zero-order valence-electron chi connectivity index (χ0n) is 16.0. The Morgan fingerprint density at radius 2 is 2.10 bits per heavy atom. The van der Waals surface area contributed by atoms with Crippen LogP contribution in [0.2, 0.25) is 0 Å². The van der Waals surface area contributed by atoms with E-state index in [1.165, 1.54) is 7.11 Å². The molecule has 0 saturated carbocycles. The number of nitrogens with zero attached hydrogens (tertiary/aromatic N) is 2. The van der Waals surface area contributed by atoms with Gasteiger partial charge in [0, 0.05) is 37.1 Å². The van der Waals surface area contributed by atoms with Crippen LogP contribution in [0.4, 0.5) is 0 Å². The number of hydrogen-bond acceptors (Lipinski definition) is 5. The molecule has 0 aliphatic rings. The zero-order valence-corrected chi connectivity index (χ0v) is 16.0. The maximum Gasteiger partial charge on any atom is 0.326 e. The lowest BCUT2D eigenvalue weighted by atomic mass is 10.0. The summed E-state index contributed by atoms with van der Waals surface area (Å²) in [4.78, 5) is 41.1. The topological polar surface area (TPSA) is 154 Å². The van der Waals surface area contributed by atoms with Crippen LogP contribution in [0.15, 0.2) is 24.4 Å². The molecule has 2 aromatic rings. The third-order valence-electron chi connectivity index (χ3n) is 4.45. The average Bonchev–Trinajstić information content (AvgIpc) is 3.10. The number of amides is 1. The van der Waals surface area contributed by atoms with Gasteiger partial charge in [-0.3, -0.25) is 9.59 Å².